The summed E-state index contributed by atoms with van der Waals surface area (Å²) in [4.78, 5) is 11.4. The summed E-state index contributed by atoms with van der Waals surface area (Å²) in [5.41, 5.74) is -0.455. The van der Waals surface area contributed by atoms with Crippen molar-refractivity contribution in [3.8, 4) is 0 Å². The van der Waals surface area contributed by atoms with Crippen molar-refractivity contribution in [1.82, 2.24) is 10.6 Å². The van der Waals surface area contributed by atoms with Gasteiger partial charge in [0.1, 0.15) is 5.60 Å². The van der Waals surface area contributed by atoms with E-state index >= 15 is 0 Å². The number of hydrogen-bond acceptors (Lipinski definition) is 5. The largest absolute Gasteiger partial charge is 0.444 e. The average molecular weight is 292 g/mol. The molecule has 0 aliphatic heterocycles. The van der Waals surface area contributed by atoms with Gasteiger partial charge in [-0.15, -0.1) is 0 Å². The first kappa shape index (κ1) is 18.5. The Balaban J connectivity index is 3.62. The van der Waals surface area contributed by atoms with Gasteiger partial charge in [0, 0.05) is 17.8 Å². The smallest absolute Gasteiger partial charge is 0.407 e. The molecule has 2 atom stereocenters. The van der Waals surface area contributed by atoms with E-state index in [4.69, 9.17) is 9.84 Å². The first-order chi connectivity index (χ1) is 8.80. The van der Waals surface area contributed by atoms with Crippen LogP contribution in [0.3, 0.4) is 0 Å². The van der Waals surface area contributed by atoms with Gasteiger partial charge in [0.25, 0.3) is 0 Å². The highest BCUT2D eigenvalue weighted by Gasteiger charge is 2.16. The number of thioether (sulfide) groups is 1. The Morgan fingerprint density at radius 3 is 2.47 bits per heavy atom. The van der Waals surface area contributed by atoms with Crippen LogP contribution in [0, 0.1) is 0 Å². The Labute approximate surface area is 120 Å². The van der Waals surface area contributed by atoms with Crippen LogP contribution in [0.2, 0.25) is 0 Å². The van der Waals surface area contributed by atoms with Crippen molar-refractivity contribution in [1.29, 1.82) is 0 Å². The number of aliphatic hydroxyl groups is 1. The number of rotatable bonds is 8. The van der Waals surface area contributed by atoms with Gasteiger partial charge in [-0.2, -0.15) is 11.8 Å². The van der Waals surface area contributed by atoms with E-state index < -0.39 is 5.60 Å². The standard InChI is InChI=1S/C13H28N2O3S/c1-10(11(9-16)19-5)14-7-6-8-15-12(17)18-13(2,3)4/h10-11,14,16H,6-9H2,1-5H3,(H,15,17). The lowest BCUT2D eigenvalue weighted by molar-refractivity contribution is 0.0527. The molecular weight excluding hydrogens is 264 g/mol. The van der Waals surface area contributed by atoms with Gasteiger partial charge in [-0.1, -0.05) is 0 Å². The van der Waals surface area contributed by atoms with E-state index in [1.54, 1.807) is 11.8 Å². The number of carbonyl (C=O) groups is 1. The van der Waals surface area contributed by atoms with Gasteiger partial charge in [0.15, 0.2) is 0 Å². The van der Waals surface area contributed by atoms with E-state index in [0.29, 0.717) is 6.54 Å². The lowest BCUT2D eigenvalue weighted by Crippen LogP contribution is -2.39. The Morgan fingerprint density at radius 1 is 1.37 bits per heavy atom. The van der Waals surface area contributed by atoms with E-state index in [-0.39, 0.29) is 24.0 Å². The Morgan fingerprint density at radius 2 is 2.00 bits per heavy atom. The molecule has 0 aliphatic carbocycles. The molecule has 0 spiro atoms. The molecule has 2 unspecified atom stereocenters. The molecule has 19 heavy (non-hydrogen) atoms. The number of amides is 1. The zero-order valence-corrected chi connectivity index (χ0v) is 13.5. The average Bonchev–Trinajstić information content (AvgIpc) is 2.27. The maximum atomic E-state index is 11.4. The zero-order valence-electron chi connectivity index (χ0n) is 12.7. The van der Waals surface area contributed by atoms with Crippen LogP contribution in [0.1, 0.15) is 34.1 Å². The minimum absolute atomic E-state index is 0.172. The summed E-state index contributed by atoms with van der Waals surface area (Å²) in [5, 5.41) is 15.4. The second-order valence-corrected chi connectivity index (χ2v) is 6.56. The maximum absolute atomic E-state index is 11.4. The first-order valence-electron chi connectivity index (χ1n) is 6.64. The van der Waals surface area contributed by atoms with E-state index in [0.717, 1.165) is 13.0 Å². The fraction of sp³-hybridized carbons (Fsp3) is 0.923. The molecule has 0 saturated heterocycles. The number of ether oxygens (including phenoxy) is 1. The lowest BCUT2D eigenvalue weighted by Gasteiger charge is -2.22. The van der Waals surface area contributed by atoms with E-state index in [9.17, 15) is 4.79 Å². The molecule has 0 bridgehead atoms. The molecule has 0 aromatic carbocycles. The molecule has 0 aliphatic rings. The van der Waals surface area contributed by atoms with Crippen LogP contribution in [-0.2, 0) is 4.74 Å². The number of hydrogen-bond donors (Lipinski definition) is 3. The molecule has 0 rings (SSSR count). The van der Waals surface area contributed by atoms with Crippen molar-refractivity contribution in [3.63, 3.8) is 0 Å². The minimum atomic E-state index is -0.455. The van der Waals surface area contributed by atoms with Crippen LogP contribution in [0.4, 0.5) is 4.79 Å². The van der Waals surface area contributed by atoms with Crippen molar-refractivity contribution >= 4 is 17.9 Å². The van der Waals surface area contributed by atoms with Gasteiger partial charge in [0.05, 0.1) is 6.61 Å². The number of carbonyl (C=O) groups excluding carboxylic acids is 1. The molecule has 3 N–H and O–H groups in total. The molecule has 1 amide bonds. The van der Waals surface area contributed by atoms with E-state index in [2.05, 4.69) is 17.6 Å². The Hall–Kier alpha value is -0.460. The predicted molar refractivity (Wildman–Crippen MR) is 80.7 cm³/mol. The Bertz CT molecular complexity index is 253. The van der Waals surface area contributed by atoms with Crippen molar-refractivity contribution < 1.29 is 14.6 Å². The van der Waals surface area contributed by atoms with E-state index in [1.807, 2.05) is 27.0 Å². The summed E-state index contributed by atoms with van der Waals surface area (Å²) in [6, 6.07) is 0.251. The highest BCUT2D eigenvalue weighted by Crippen LogP contribution is 2.10. The topological polar surface area (TPSA) is 70.6 Å². The van der Waals surface area contributed by atoms with Crippen LogP contribution in [-0.4, -0.2) is 54.0 Å². The van der Waals surface area contributed by atoms with Gasteiger partial charge in [-0.25, -0.2) is 4.79 Å². The molecule has 0 aromatic rings. The second kappa shape index (κ2) is 9.44. The number of alkyl carbamates (subject to hydrolysis) is 1. The van der Waals surface area contributed by atoms with Crippen molar-refractivity contribution in [2.45, 2.75) is 51.0 Å². The SMILES string of the molecule is CSC(CO)C(C)NCCCNC(=O)OC(C)(C)C. The van der Waals surface area contributed by atoms with Crippen LogP contribution < -0.4 is 10.6 Å². The molecule has 0 saturated carbocycles. The summed E-state index contributed by atoms with van der Waals surface area (Å²) >= 11 is 1.65. The highest BCUT2D eigenvalue weighted by atomic mass is 32.2. The zero-order chi connectivity index (χ0) is 14.9. The minimum Gasteiger partial charge on any atom is -0.444 e. The molecule has 0 heterocycles. The molecular formula is C13H28N2O3S. The molecule has 0 fully saturated rings. The van der Waals surface area contributed by atoms with Gasteiger partial charge >= 0.3 is 6.09 Å². The molecule has 0 aromatic heterocycles. The van der Waals surface area contributed by atoms with Crippen molar-refractivity contribution in [3.05, 3.63) is 0 Å². The van der Waals surface area contributed by atoms with Gasteiger partial charge in [-0.05, 0) is 46.9 Å². The number of nitrogens with one attached hydrogen (secondary N) is 2. The highest BCUT2D eigenvalue weighted by molar-refractivity contribution is 7.99. The predicted octanol–water partition coefficient (Wildman–Crippen LogP) is 1.60. The van der Waals surface area contributed by atoms with Gasteiger partial charge in [-0.3, -0.25) is 0 Å². The monoisotopic (exact) mass is 292 g/mol. The normalized spacial score (nSPS) is 14.8. The van der Waals surface area contributed by atoms with Crippen LogP contribution in [0.15, 0.2) is 0 Å². The van der Waals surface area contributed by atoms with E-state index in [1.165, 1.54) is 0 Å². The fourth-order valence-electron chi connectivity index (χ4n) is 1.49. The molecule has 5 nitrogen and oxygen atoms in total. The van der Waals surface area contributed by atoms with Crippen LogP contribution >= 0.6 is 11.8 Å². The first-order valence-corrected chi connectivity index (χ1v) is 7.93. The summed E-state index contributed by atoms with van der Waals surface area (Å²) in [6.07, 6.45) is 2.44. The van der Waals surface area contributed by atoms with Crippen LogP contribution in [0.5, 0.6) is 0 Å². The van der Waals surface area contributed by atoms with Crippen molar-refractivity contribution in [2.75, 3.05) is 26.0 Å². The summed E-state index contributed by atoms with van der Waals surface area (Å²) in [6.45, 7) is 9.13. The summed E-state index contributed by atoms with van der Waals surface area (Å²) in [7, 11) is 0. The number of aliphatic hydroxyl groups excluding tert-OH is 1. The van der Waals surface area contributed by atoms with Gasteiger partial charge < -0.3 is 20.5 Å². The second-order valence-electron chi connectivity index (χ2n) is 5.48. The maximum Gasteiger partial charge on any atom is 0.407 e. The summed E-state index contributed by atoms with van der Waals surface area (Å²) < 4.78 is 5.13. The van der Waals surface area contributed by atoms with Crippen LogP contribution in [0.25, 0.3) is 0 Å². The van der Waals surface area contributed by atoms with Crippen molar-refractivity contribution in [2.24, 2.45) is 0 Å². The summed E-state index contributed by atoms with van der Waals surface area (Å²) in [5.74, 6) is 0. The van der Waals surface area contributed by atoms with Gasteiger partial charge in [0.2, 0.25) is 0 Å². The quantitative estimate of drug-likeness (QED) is 0.593. The molecule has 114 valence electrons. The third-order valence-electron chi connectivity index (χ3n) is 2.53. The Kier molecular flexibility index (Phi) is 9.22. The fourth-order valence-corrected chi connectivity index (χ4v) is 2.14. The lowest BCUT2D eigenvalue weighted by atomic mass is 10.2. The molecule has 0 radical (unpaired) electrons. The third kappa shape index (κ3) is 10.0. The molecule has 6 heteroatoms. The third-order valence-corrected chi connectivity index (χ3v) is 3.69.